The molecule has 1 amide bonds. The van der Waals surface area contributed by atoms with E-state index in [0.717, 1.165) is 16.5 Å². The van der Waals surface area contributed by atoms with Gasteiger partial charge in [0.25, 0.3) is 11.5 Å². The van der Waals surface area contributed by atoms with E-state index in [1.54, 1.807) is 18.2 Å². The molecule has 3 N–H and O–H groups in total. The summed E-state index contributed by atoms with van der Waals surface area (Å²) in [7, 11) is 1.48. The van der Waals surface area contributed by atoms with Gasteiger partial charge < -0.3 is 14.7 Å². The maximum atomic E-state index is 12.7. The van der Waals surface area contributed by atoms with Gasteiger partial charge in [0.1, 0.15) is 11.4 Å². The zero-order valence-electron chi connectivity index (χ0n) is 14.6. The van der Waals surface area contributed by atoms with Crippen LogP contribution in [0.4, 0.5) is 0 Å². The van der Waals surface area contributed by atoms with Crippen molar-refractivity contribution in [1.29, 1.82) is 0 Å². The Bertz CT molecular complexity index is 1310. The van der Waals surface area contributed by atoms with Gasteiger partial charge in [-0.15, -0.1) is 0 Å². The van der Waals surface area contributed by atoms with Crippen LogP contribution in [0.2, 0.25) is 0 Å². The number of hydrogen-bond acceptors (Lipinski definition) is 4. The highest BCUT2D eigenvalue weighted by Crippen LogP contribution is 2.17. The maximum Gasteiger partial charge on any atom is 0.348 e. The Hall–Kier alpha value is -3.81. The summed E-state index contributed by atoms with van der Waals surface area (Å²) in [5.74, 6) is -0.130. The molecular weight excluding hydrogens is 348 g/mol. The van der Waals surface area contributed by atoms with Crippen molar-refractivity contribution in [2.24, 2.45) is 0 Å². The van der Waals surface area contributed by atoms with Crippen LogP contribution in [0.15, 0.2) is 52.1 Å². The predicted molar refractivity (Wildman–Crippen MR) is 102 cm³/mol. The first-order chi connectivity index (χ1) is 13.0. The monoisotopic (exact) mass is 364 g/mol. The Morgan fingerprint density at radius 3 is 2.59 bits per heavy atom. The summed E-state index contributed by atoms with van der Waals surface area (Å²) in [6.07, 6.45) is 0. The molecule has 8 nitrogen and oxygen atoms in total. The number of amides is 1. The molecule has 2 aromatic carbocycles. The number of nitrogens with zero attached hydrogens (tertiary/aromatic N) is 1. The lowest BCUT2D eigenvalue weighted by atomic mass is 10.2. The quantitative estimate of drug-likeness (QED) is 0.515. The second-order valence-electron chi connectivity index (χ2n) is 6.20. The molecule has 0 radical (unpaired) electrons. The first kappa shape index (κ1) is 16.6. The van der Waals surface area contributed by atoms with Crippen LogP contribution in [0.25, 0.3) is 21.8 Å². The van der Waals surface area contributed by atoms with Gasteiger partial charge in [-0.25, -0.2) is 4.79 Å². The van der Waals surface area contributed by atoms with Crippen molar-refractivity contribution >= 4 is 27.7 Å². The highest BCUT2D eigenvalue weighted by atomic mass is 16.5. The minimum absolute atomic E-state index is 0.224. The van der Waals surface area contributed by atoms with E-state index in [4.69, 9.17) is 4.74 Å². The molecular formula is C19H16N4O4. The average molecular weight is 364 g/mol. The van der Waals surface area contributed by atoms with Crippen molar-refractivity contribution in [2.75, 3.05) is 12.5 Å². The molecule has 4 rings (SSSR count). The van der Waals surface area contributed by atoms with Gasteiger partial charge in [0.15, 0.2) is 0 Å². The minimum atomic E-state index is -0.738. The van der Waals surface area contributed by atoms with Crippen molar-refractivity contribution in [3.05, 3.63) is 74.6 Å². The van der Waals surface area contributed by atoms with Gasteiger partial charge >= 0.3 is 5.69 Å². The number of ether oxygens (including phenoxy) is 1. The highest BCUT2D eigenvalue weighted by molar-refractivity contribution is 6.02. The number of aromatic amines is 2. The van der Waals surface area contributed by atoms with Gasteiger partial charge in [0.2, 0.25) is 0 Å². The summed E-state index contributed by atoms with van der Waals surface area (Å²) in [4.78, 5) is 43.0. The molecule has 0 saturated carbocycles. The molecule has 0 unspecified atom stereocenters. The standard InChI is InChI=1S/C19H16N4O4/c1-10-3-5-14-11(7-10)8-16(20-14)17(24)22-23-18(25)13-9-12(27-2)4-6-15(13)21-19(23)26/h3-9,20H,1-2H3,(H,21,26)(H,22,24). The fraction of sp³-hybridized carbons (Fsp3) is 0.105. The van der Waals surface area contributed by atoms with Crippen molar-refractivity contribution in [2.45, 2.75) is 6.92 Å². The minimum Gasteiger partial charge on any atom is -0.497 e. The molecule has 0 aliphatic rings. The summed E-state index contributed by atoms with van der Waals surface area (Å²) in [6.45, 7) is 1.95. The number of nitrogens with one attached hydrogen (secondary N) is 3. The van der Waals surface area contributed by atoms with Crippen LogP contribution in [0.5, 0.6) is 5.75 Å². The number of H-pyrrole nitrogens is 2. The second kappa shape index (κ2) is 6.17. The van der Waals surface area contributed by atoms with Gasteiger partial charge in [-0.05, 0) is 43.3 Å². The Labute approximate surface area is 152 Å². The molecule has 27 heavy (non-hydrogen) atoms. The average Bonchev–Trinajstić information content (AvgIpc) is 3.08. The number of rotatable bonds is 3. The first-order valence-corrected chi connectivity index (χ1v) is 8.20. The number of methoxy groups -OCH3 is 1. The van der Waals surface area contributed by atoms with Gasteiger partial charge in [-0.2, -0.15) is 4.68 Å². The SMILES string of the molecule is COc1ccc2[nH]c(=O)n(NC(=O)c3cc4cc(C)ccc4[nH]3)c(=O)c2c1. The molecule has 0 atom stereocenters. The molecule has 2 aromatic heterocycles. The van der Waals surface area contributed by atoms with E-state index in [2.05, 4.69) is 15.4 Å². The van der Waals surface area contributed by atoms with E-state index in [1.165, 1.54) is 13.2 Å². The Morgan fingerprint density at radius 2 is 1.81 bits per heavy atom. The molecule has 4 aromatic rings. The molecule has 0 bridgehead atoms. The summed E-state index contributed by atoms with van der Waals surface area (Å²) >= 11 is 0. The van der Waals surface area contributed by atoms with Crippen molar-refractivity contribution < 1.29 is 9.53 Å². The zero-order chi connectivity index (χ0) is 19.1. The molecule has 136 valence electrons. The fourth-order valence-electron chi connectivity index (χ4n) is 2.96. The van der Waals surface area contributed by atoms with Crippen LogP contribution in [-0.2, 0) is 0 Å². The summed E-state index contributed by atoms with van der Waals surface area (Å²) in [5, 5.41) is 1.09. The molecule has 0 spiro atoms. The number of fused-ring (bicyclic) bond motifs is 2. The van der Waals surface area contributed by atoms with Crippen LogP contribution in [0.3, 0.4) is 0 Å². The second-order valence-corrected chi connectivity index (χ2v) is 6.20. The van der Waals surface area contributed by atoms with Crippen molar-refractivity contribution in [1.82, 2.24) is 14.6 Å². The summed E-state index contributed by atoms with van der Waals surface area (Å²) < 4.78 is 5.76. The number of benzene rings is 2. The molecule has 0 saturated heterocycles. The number of aryl methyl sites for hydroxylation is 1. The molecule has 0 fully saturated rings. The Balaban J connectivity index is 1.76. The zero-order valence-corrected chi connectivity index (χ0v) is 14.6. The number of carbonyl (C=O) groups excluding carboxylic acids is 1. The van der Waals surface area contributed by atoms with Gasteiger partial charge in [-0.1, -0.05) is 11.6 Å². The van der Waals surface area contributed by atoms with Crippen LogP contribution in [0.1, 0.15) is 16.1 Å². The highest BCUT2D eigenvalue weighted by Gasteiger charge is 2.14. The normalized spacial score (nSPS) is 11.0. The Morgan fingerprint density at radius 1 is 1.04 bits per heavy atom. The summed E-state index contributed by atoms with van der Waals surface area (Å²) in [6, 6.07) is 12.1. The van der Waals surface area contributed by atoms with E-state index in [9.17, 15) is 14.4 Å². The number of carbonyl (C=O) groups is 1. The van der Waals surface area contributed by atoms with E-state index in [1.807, 2.05) is 25.1 Å². The third-order valence-corrected chi connectivity index (χ3v) is 4.34. The number of hydrogen-bond donors (Lipinski definition) is 3. The predicted octanol–water partition coefficient (Wildman–Crippen LogP) is 1.87. The number of aromatic nitrogens is 3. The van der Waals surface area contributed by atoms with Crippen LogP contribution < -0.4 is 21.4 Å². The molecule has 8 heteroatoms. The van der Waals surface area contributed by atoms with Crippen LogP contribution in [-0.4, -0.2) is 27.7 Å². The van der Waals surface area contributed by atoms with E-state index < -0.39 is 17.2 Å². The third-order valence-electron chi connectivity index (χ3n) is 4.34. The lowest BCUT2D eigenvalue weighted by molar-refractivity contribution is 0.100. The van der Waals surface area contributed by atoms with Gasteiger partial charge in [-0.3, -0.25) is 15.0 Å². The van der Waals surface area contributed by atoms with Crippen LogP contribution >= 0.6 is 0 Å². The Kier molecular flexibility index (Phi) is 3.80. The van der Waals surface area contributed by atoms with E-state index in [0.29, 0.717) is 15.9 Å². The molecule has 0 aliphatic carbocycles. The molecule has 0 aliphatic heterocycles. The summed E-state index contributed by atoms with van der Waals surface area (Å²) in [5.41, 5.74) is 3.41. The van der Waals surface area contributed by atoms with Crippen molar-refractivity contribution in [3.63, 3.8) is 0 Å². The smallest absolute Gasteiger partial charge is 0.348 e. The topological polar surface area (TPSA) is 109 Å². The fourth-order valence-corrected chi connectivity index (χ4v) is 2.96. The van der Waals surface area contributed by atoms with Gasteiger partial charge in [0.05, 0.1) is 18.0 Å². The van der Waals surface area contributed by atoms with Crippen molar-refractivity contribution in [3.8, 4) is 5.75 Å². The third kappa shape index (κ3) is 2.86. The van der Waals surface area contributed by atoms with Crippen LogP contribution in [0, 0.1) is 6.92 Å². The largest absolute Gasteiger partial charge is 0.497 e. The maximum absolute atomic E-state index is 12.7. The van der Waals surface area contributed by atoms with Gasteiger partial charge in [0, 0.05) is 10.9 Å². The van der Waals surface area contributed by atoms with E-state index in [-0.39, 0.29) is 11.1 Å². The first-order valence-electron chi connectivity index (χ1n) is 8.20. The van der Waals surface area contributed by atoms with E-state index >= 15 is 0 Å². The lowest BCUT2D eigenvalue weighted by Crippen LogP contribution is -2.43. The lowest BCUT2D eigenvalue weighted by Gasteiger charge is -2.08. The molecule has 2 heterocycles.